The first kappa shape index (κ1) is 48.4. The maximum Gasteiger partial charge on any atom is 0.403 e. The number of piperidine rings is 1. The Morgan fingerprint density at radius 1 is 0.500 bits per heavy atom. The second-order valence-electron chi connectivity index (χ2n) is 13.4. The summed E-state index contributed by atoms with van der Waals surface area (Å²) in [5.41, 5.74) is -10.4. The highest BCUT2D eigenvalue weighted by Gasteiger charge is 2.90. The number of rotatable bonds is 15. The van der Waals surface area contributed by atoms with E-state index in [0.29, 0.717) is 27.7 Å². The van der Waals surface area contributed by atoms with Gasteiger partial charge < -0.3 is 9.79 Å². The zero-order chi connectivity index (χ0) is 42.6. The Morgan fingerprint density at radius 3 is 0.923 bits per heavy atom. The number of alkyl halides is 24. The van der Waals surface area contributed by atoms with Crippen molar-refractivity contribution in [1.29, 1.82) is 0 Å². The van der Waals surface area contributed by atoms with Crippen molar-refractivity contribution in [2.75, 3.05) is 0 Å². The molecule has 1 heterocycles. The molecule has 0 bridgehead atoms. The molecular weight excluding hydrogens is 825 g/mol. The molecule has 0 unspecified atom stereocenters. The van der Waals surface area contributed by atoms with Crippen LogP contribution in [0.25, 0.3) is 0 Å². The van der Waals surface area contributed by atoms with Crippen LogP contribution in [0, 0.1) is 5.41 Å². The molecule has 0 amide bonds. The van der Waals surface area contributed by atoms with E-state index in [9.17, 15) is 102 Å². The predicted octanol–water partition coefficient (Wildman–Crippen LogP) is 10.4. The lowest BCUT2D eigenvalue weighted by Crippen LogP contribution is -2.71. The summed E-state index contributed by atoms with van der Waals surface area (Å²) in [5.74, 6) is -79.6. The minimum atomic E-state index is -8.40. The second kappa shape index (κ2) is 12.7. The van der Waals surface area contributed by atoms with Gasteiger partial charge in [-0.1, -0.05) is 0 Å². The molecule has 0 saturated carbocycles. The van der Waals surface area contributed by atoms with Crippen LogP contribution in [0.5, 0.6) is 0 Å². The Labute approximate surface area is 275 Å². The summed E-state index contributed by atoms with van der Waals surface area (Å²) >= 11 is 0. The first-order valence-electron chi connectivity index (χ1n) is 13.3. The standard InChI is InChI=1S/C23H24F24NO3P/c1-11(2)5-13(6-12(3,4)48(11)52(49,50)51,7-14(28,29)18(36,37)22(44,45)20(40,41)16(32,33)9(24)25)8-15(30,31)19(38,39)23(46,47)21(42,43)17(34,35)10(26)27/h9-10H,5-8H2,1-4H3,(H2,49,50,51). The maximum atomic E-state index is 15.2. The second-order valence-corrected chi connectivity index (χ2v) is 14.8. The molecule has 1 rings (SSSR count). The molecule has 0 radical (unpaired) electrons. The Morgan fingerprint density at radius 2 is 0.731 bits per heavy atom. The molecular formula is C23H24F24NO3P. The zero-order valence-electron chi connectivity index (χ0n) is 25.8. The van der Waals surface area contributed by atoms with E-state index in [1.165, 1.54) is 0 Å². The number of nitrogens with zero attached hydrogens (tertiary/aromatic N) is 1. The smallest absolute Gasteiger partial charge is 0.312 e. The summed E-state index contributed by atoms with van der Waals surface area (Å²) in [4.78, 5) is 19.4. The van der Waals surface area contributed by atoms with Crippen LogP contribution in [0.2, 0.25) is 0 Å². The molecule has 0 aliphatic carbocycles. The Kier molecular flexibility index (Phi) is 11.9. The van der Waals surface area contributed by atoms with Crippen molar-refractivity contribution in [2.45, 2.75) is 137 Å². The largest absolute Gasteiger partial charge is 0.403 e. The molecule has 1 aliphatic rings. The van der Waals surface area contributed by atoms with Crippen molar-refractivity contribution < 1.29 is 120 Å². The van der Waals surface area contributed by atoms with Crippen molar-refractivity contribution in [3.8, 4) is 0 Å². The molecule has 1 aliphatic heterocycles. The molecule has 0 aromatic carbocycles. The van der Waals surface area contributed by atoms with Crippen molar-refractivity contribution >= 4 is 7.75 Å². The van der Waals surface area contributed by atoms with Crippen LogP contribution in [-0.4, -0.2) is 97.6 Å². The van der Waals surface area contributed by atoms with Gasteiger partial charge in [0.1, 0.15) is 0 Å². The number of hydrogen-bond donors (Lipinski definition) is 2. The Balaban J connectivity index is 4.21. The van der Waals surface area contributed by atoms with E-state index in [1.54, 1.807) is 0 Å². The fourth-order valence-electron chi connectivity index (χ4n) is 6.60. The van der Waals surface area contributed by atoms with Gasteiger partial charge in [0, 0.05) is 23.9 Å². The van der Waals surface area contributed by atoms with Gasteiger partial charge in [-0.3, -0.25) is 0 Å². The van der Waals surface area contributed by atoms with E-state index in [4.69, 9.17) is 0 Å². The van der Waals surface area contributed by atoms with Crippen LogP contribution in [-0.2, 0) is 4.57 Å². The number of hydrogen-bond acceptors (Lipinski definition) is 1. The average molecular weight is 849 g/mol. The first-order chi connectivity index (χ1) is 22.1. The third-order valence-corrected chi connectivity index (χ3v) is 9.70. The maximum absolute atomic E-state index is 15.2. The lowest BCUT2D eigenvalue weighted by Gasteiger charge is -2.60. The van der Waals surface area contributed by atoms with Crippen LogP contribution in [0.1, 0.15) is 53.4 Å². The molecule has 0 aromatic heterocycles. The Bertz CT molecular complexity index is 1270. The minimum absolute atomic E-state index is 0.199. The molecule has 1 saturated heterocycles. The quantitative estimate of drug-likeness (QED) is 0.127. The van der Waals surface area contributed by atoms with Crippen LogP contribution in [0.3, 0.4) is 0 Å². The lowest BCUT2D eigenvalue weighted by atomic mass is 9.59. The van der Waals surface area contributed by atoms with Gasteiger partial charge in [0.25, 0.3) is 0 Å². The summed E-state index contributed by atoms with van der Waals surface area (Å²) in [6, 6.07) is 0. The first-order valence-corrected chi connectivity index (χ1v) is 14.9. The van der Waals surface area contributed by atoms with Crippen molar-refractivity contribution in [1.82, 2.24) is 4.67 Å². The molecule has 29 heteroatoms. The summed E-state index contributed by atoms with van der Waals surface area (Å²) in [6.45, 7) is 1.30. The molecule has 2 N–H and O–H groups in total. The van der Waals surface area contributed by atoms with Gasteiger partial charge in [-0.2, -0.15) is 92.5 Å². The SMILES string of the molecule is CC1(C)CC(CC(F)(F)C(F)(F)C(F)(F)C(F)(F)C(F)(F)C(F)F)(CC(F)(F)C(F)(F)C(F)(F)C(F)(F)C(F)(F)C(F)F)CC(C)(C)N1P(=O)(O)O. The summed E-state index contributed by atoms with van der Waals surface area (Å²) in [6.07, 6.45) is -24.4. The molecule has 4 nitrogen and oxygen atoms in total. The summed E-state index contributed by atoms with van der Waals surface area (Å²) < 4.78 is 346. The van der Waals surface area contributed by atoms with E-state index in [-0.39, 0.29) is 4.67 Å². The third-order valence-electron chi connectivity index (χ3n) is 8.10. The molecule has 0 aromatic rings. The van der Waals surface area contributed by atoms with Gasteiger partial charge in [0.2, 0.25) is 0 Å². The molecule has 0 atom stereocenters. The molecule has 312 valence electrons. The van der Waals surface area contributed by atoms with Crippen LogP contribution in [0.4, 0.5) is 105 Å². The van der Waals surface area contributed by atoms with Crippen LogP contribution < -0.4 is 0 Å². The van der Waals surface area contributed by atoms with Crippen LogP contribution in [0.15, 0.2) is 0 Å². The van der Waals surface area contributed by atoms with Gasteiger partial charge in [0.05, 0.1) is 0 Å². The molecule has 0 spiro atoms. The summed E-state index contributed by atoms with van der Waals surface area (Å²) in [5, 5.41) is 0. The third kappa shape index (κ3) is 7.04. The number of halogens is 24. The van der Waals surface area contributed by atoms with Gasteiger partial charge in [-0.05, 0) is 46.0 Å². The minimum Gasteiger partial charge on any atom is -0.312 e. The van der Waals surface area contributed by atoms with Gasteiger partial charge >= 0.3 is 79.8 Å². The zero-order valence-corrected chi connectivity index (χ0v) is 26.6. The van der Waals surface area contributed by atoms with Gasteiger partial charge in [0.15, 0.2) is 0 Å². The highest BCUT2D eigenvalue weighted by atomic mass is 31.2. The van der Waals surface area contributed by atoms with Crippen molar-refractivity contribution in [3.63, 3.8) is 0 Å². The van der Waals surface area contributed by atoms with E-state index >= 15 is 17.6 Å². The highest BCUT2D eigenvalue weighted by molar-refractivity contribution is 7.49. The van der Waals surface area contributed by atoms with E-state index in [2.05, 4.69) is 0 Å². The van der Waals surface area contributed by atoms with E-state index in [1.807, 2.05) is 0 Å². The molecule has 52 heavy (non-hydrogen) atoms. The lowest BCUT2D eigenvalue weighted by molar-refractivity contribution is -0.420. The topological polar surface area (TPSA) is 60.8 Å². The fourth-order valence-corrected chi connectivity index (χ4v) is 8.15. The fraction of sp³-hybridized carbons (Fsp3) is 1.00. The van der Waals surface area contributed by atoms with E-state index < -0.39 is 122 Å². The summed E-state index contributed by atoms with van der Waals surface area (Å²) in [7, 11) is -5.95. The average Bonchev–Trinajstić information content (AvgIpc) is 2.83. The predicted molar refractivity (Wildman–Crippen MR) is 124 cm³/mol. The van der Waals surface area contributed by atoms with E-state index in [0.717, 1.165) is 0 Å². The highest BCUT2D eigenvalue weighted by Crippen LogP contribution is 2.68. The van der Waals surface area contributed by atoms with Crippen molar-refractivity contribution in [2.24, 2.45) is 5.41 Å². The Hall–Kier alpha value is -1.57. The monoisotopic (exact) mass is 849 g/mol. The molecule has 1 fully saturated rings. The van der Waals surface area contributed by atoms with Gasteiger partial charge in [-0.25, -0.2) is 22.1 Å². The normalized spacial score (nSPS) is 20.9. The van der Waals surface area contributed by atoms with Crippen LogP contribution >= 0.6 is 7.75 Å². The van der Waals surface area contributed by atoms with Crippen molar-refractivity contribution in [3.05, 3.63) is 0 Å². The van der Waals surface area contributed by atoms with Gasteiger partial charge in [-0.15, -0.1) is 0 Å².